The number of carbonyl (C=O) groups is 2. The Kier molecular flexibility index (Phi) is 7.42. The van der Waals surface area contributed by atoms with Gasteiger partial charge in [-0.05, 0) is 64.7 Å². The summed E-state index contributed by atoms with van der Waals surface area (Å²) in [6.45, 7) is 1.33. The van der Waals surface area contributed by atoms with Crippen molar-refractivity contribution in [3.63, 3.8) is 0 Å². The number of ether oxygens (including phenoxy) is 1. The summed E-state index contributed by atoms with van der Waals surface area (Å²) in [5.74, 6) is -0.436. The summed E-state index contributed by atoms with van der Waals surface area (Å²) in [5.41, 5.74) is 4.26. The molecule has 1 saturated heterocycles. The fourth-order valence-electron chi connectivity index (χ4n) is 4.52. The van der Waals surface area contributed by atoms with Crippen molar-refractivity contribution in [1.29, 1.82) is 0 Å². The highest BCUT2D eigenvalue weighted by atomic mass is 32.2. The van der Waals surface area contributed by atoms with Gasteiger partial charge in [0.05, 0.1) is 6.04 Å². The summed E-state index contributed by atoms with van der Waals surface area (Å²) >= 11 is 1.39. The summed E-state index contributed by atoms with van der Waals surface area (Å²) < 4.78 is 19.0. The molecule has 0 saturated carbocycles. The Morgan fingerprint density at radius 2 is 1.74 bits per heavy atom. The molecule has 4 aromatic rings. The van der Waals surface area contributed by atoms with E-state index in [-0.39, 0.29) is 23.5 Å². The summed E-state index contributed by atoms with van der Waals surface area (Å²) in [7, 11) is 0. The third-order valence-corrected chi connectivity index (χ3v) is 7.71. The molecular formula is C30H25FN2O4S. The molecule has 0 unspecified atom stereocenters. The van der Waals surface area contributed by atoms with E-state index in [1.807, 2.05) is 36.4 Å². The van der Waals surface area contributed by atoms with Gasteiger partial charge in [0.25, 0.3) is 0 Å². The average molecular weight is 529 g/mol. The molecule has 3 aromatic carbocycles. The number of aromatic nitrogens is 1. The van der Waals surface area contributed by atoms with Crippen molar-refractivity contribution in [1.82, 2.24) is 4.98 Å². The number of thioether (sulfide) groups is 1. The lowest BCUT2D eigenvalue weighted by Crippen LogP contribution is -2.57. The minimum atomic E-state index is -0.626. The van der Waals surface area contributed by atoms with Crippen LogP contribution >= 0.6 is 11.8 Å². The van der Waals surface area contributed by atoms with Crippen LogP contribution in [0.25, 0.3) is 11.1 Å². The van der Waals surface area contributed by atoms with Gasteiger partial charge in [-0.15, -0.1) is 11.8 Å². The van der Waals surface area contributed by atoms with E-state index in [1.165, 1.54) is 30.8 Å². The summed E-state index contributed by atoms with van der Waals surface area (Å²) in [6, 6.07) is 23.9. The van der Waals surface area contributed by atoms with E-state index in [0.717, 1.165) is 22.4 Å². The molecule has 6 nitrogen and oxygen atoms in total. The molecule has 0 aliphatic carbocycles. The number of anilines is 1. The van der Waals surface area contributed by atoms with Gasteiger partial charge < -0.3 is 14.7 Å². The average Bonchev–Trinajstić information content (AvgIpc) is 2.93. The van der Waals surface area contributed by atoms with Gasteiger partial charge in [0.15, 0.2) is 0 Å². The van der Waals surface area contributed by atoms with E-state index in [0.29, 0.717) is 11.3 Å². The Labute approximate surface area is 224 Å². The van der Waals surface area contributed by atoms with Gasteiger partial charge in [-0.2, -0.15) is 0 Å². The molecule has 192 valence electrons. The number of esters is 1. The molecule has 1 N–H and O–H groups in total. The van der Waals surface area contributed by atoms with Crippen molar-refractivity contribution in [2.75, 3.05) is 10.7 Å². The molecule has 38 heavy (non-hydrogen) atoms. The van der Waals surface area contributed by atoms with Crippen LogP contribution in [0.2, 0.25) is 0 Å². The molecule has 5 rings (SSSR count). The SMILES string of the molecule is CC(=O)O[C@@H](CS[C@H]1C(=O)N(c2ccc(-c3cccnc3)cc2)[C@H]1c1ccc(O)cc1)c1ccc(F)cc1. The molecule has 1 aliphatic rings. The van der Waals surface area contributed by atoms with Crippen LogP contribution in [0.15, 0.2) is 97.3 Å². The zero-order chi connectivity index (χ0) is 26.6. The smallest absolute Gasteiger partial charge is 0.303 e. The summed E-state index contributed by atoms with van der Waals surface area (Å²) in [6.07, 6.45) is 2.88. The van der Waals surface area contributed by atoms with Crippen LogP contribution in [0.4, 0.5) is 10.1 Å². The number of halogens is 1. The van der Waals surface area contributed by atoms with Crippen molar-refractivity contribution in [3.8, 4) is 16.9 Å². The number of aromatic hydroxyl groups is 1. The molecule has 2 heterocycles. The molecule has 0 spiro atoms. The quantitative estimate of drug-likeness (QED) is 0.220. The molecule has 0 radical (unpaired) electrons. The van der Waals surface area contributed by atoms with Crippen LogP contribution in [0.5, 0.6) is 5.75 Å². The molecule has 1 amide bonds. The third kappa shape index (κ3) is 5.40. The maximum absolute atomic E-state index is 13.5. The number of rotatable bonds is 8. The van der Waals surface area contributed by atoms with Crippen LogP contribution in [0.3, 0.4) is 0 Å². The van der Waals surface area contributed by atoms with Crippen molar-refractivity contribution in [2.45, 2.75) is 24.3 Å². The predicted molar refractivity (Wildman–Crippen MR) is 145 cm³/mol. The Morgan fingerprint density at radius 3 is 2.37 bits per heavy atom. The lowest BCUT2D eigenvalue weighted by atomic mass is 9.92. The molecule has 0 bridgehead atoms. The molecule has 1 aliphatic heterocycles. The zero-order valence-electron chi connectivity index (χ0n) is 20.5. The summed E-state index contributed by atoms with van der Waals surface area (Å²) in [4.78, 5) is 31.1. The number of carbonyl (C=O) groups excluding carboxylic acids is 2. The summed E-state index contributed by atoms with van der Waals surface area (Å²) in [5, 5.41) is 9.37. The lowest BCUT2D eigenvalue weighted by Gasteiger charge is -2.47. The van der Waals surface area contributed by atoms with Crippen LogP contribution in [-0.2, 0) is 14.3 Å². The van der Waals surface area contributed by atoms with E-state index in [4.69, 9.17) is 4.74 Å². The highest BCUT2D eigenvalue weighted by molar-refractivity contribution is 8.00. The second-order valence-electron chi connectivity index (χ2n) is 8.94. The first kappa shape index (κ1) is 25.5. The van der Waals surface area contributed by atoms with Gasteiger partial charge in [-0.25, -0.2) is 4.39 Å². The van der Waals surface area contributed by atoms with E-state index in [2.05, 4.69) is 4.98 Å². The standard InChI is InChI=1S/C30H25FN2O4S/c1-19(34)37-27(21-4-10-24(31)11-5-21)18-38-29-28(22-8-14-26(35)15-9-22)33(30(29)36)25-12-6-20(7-13-25)23-3-2-16-32-17-23/h2-17,27-29,35H,18H2,1H3/t27-,28-,29+/m0/s1. The monoisotopic (exact) mass is 528 g/mol. The van der Waals surface area contributed by atoms with Crippen LogP contribution in [0.1, 0.15) is 30.2 Å². The number of phenols is 1. The van der Waals surface area contributed by atoms with Crippen molar-refractivity contribution in [2.24, 2.45) is 0 Å². The number of hydrogen-bond acceptors (Lipinski definition) is 6. The van der Waals surface area contributed by atoms with Gasteiger partial charge in [-0.3, -0.25) is 14.6 Å². The van der Waals surface area contributed by atoms with E-state index >= 15 is 0 Å². The number of amides is 1. The number of hydrogen-bond donors (Lipinski definition) is 1. The van der Waals surface area contributed by atoms with Crippen molar-refractivity contribution < 1.29 is 23.8 Å². The van der Waals surface area contributed by atoms with Gasteiger partial charge in [0.2, 0.25) is 5.91 Å². The van der Waals surface area contributed by atoms with E-state index in [9.17, 15) is 19.1 Å². The Balaban J connectivity index is 1.39. The van der Waals surface area contributed by atoms with Crippen molar-refractivity contribution >= 4 is 29.3 Å². The topological polar surface area (TPSA) is 79.7 Å². The zero-order valence-corrected chi connectivity index (χ0v) is 21.3. The predicted octanol–water partition coefficient (Wildman–Crippen LogP) is 6.09. The molecule has 3 atom stereocenters. The Hall–Kier alpha value is -4.17. The largest absolute Gasteiger partial charge is 0.508 e. The van der Waals surface area contributed by atoms with Gasteiger partial charge in [0.1, 0.15) is 22.9 Å². The second-order valence-corrected chi connectivity index (χ2v) is 10.1. The van der Waals surface area contributed by atoms with Crippen molar-refractivity contribution in [3.05, 3.63) is 114 Å². The van der Waals surface area contributed by atoms with Gasteiger partial charge in [0, 0.05) is 30.8 Å². The first-order valence-electron chi connectivity index (χ1n) is 12.1. The third-order valence-electron chi connectivity index (χ3n) is 6.40. The number of benzene rings is 3. The van der Waals surface area contributed by atoms with E-state index < -0.39 is 17.3 Å². The lowest BCUT2D eigenvalue weighted by molar-refractivity contribution is -0.145. The molecular weight excluding hydrogens is 503 g/mol. The fourth-order valence-corrected chi connectivity index (χ4v) is 5.88. The maximum Gasteiger partial charge on any atom is 0.303 e. The first-order valence-corrected chi connectivity index (χ1v) is 13.1. The molecule has 1 aromatic heterocycles. The minimum absolute atomic E-state index is 0.0668. The maximum atomic E-state index is 13.5. The Morgan fingerprint density at radius 1 is 1.03 bits per heavy atom. The highest BCUT2D eigenvalue weighted by Gasteiger charge is 2.49. The number of pyridine rings is 1. The van der Waals surface area contributed by atoms with Crippen LogP contribution < -0.4 is 4.90 Å². The normalized spacial score (nSPS) is 17.5. The van der Waals surface area contributed by atoms with Gasteiger partial charge in [-0.1, -0.05) is 42.5 Å². The van der Waals surface area contributed by atoms with Gasteiger partial charge >= 0.3 is 5.97 Å². The van der Waals surface area contributed by atoms with Crippen LogP contribution in [-0.4, -0.2) is 33.0 Å². The fraction of sp³-hybridized carbons (Fsp3) is 0.167. The van der Waals surface area contributed by atoms with Crippen LogP contribution in [0, 0.1) is 5.82 Å². The second kappa shape index (κ2) is 11.1. The Bertz CT molecular complexity index is 1410. The minimum Gasteiger partial charge on any atom is -0.508 e. The van der Waals surface area contributed by atoms with E-state index in [1.54, 1.807) is 53.7 Å². The molecule has 8 heteroatoms. The number of nitrogens with zero attached hydrogens (tertiary/aromatic N) is 2. The number of phenolic OH excluding ortho intramolecular Hbond substituents is 1. The first-order chi connectivity index (χ1) is 18.4. The number of β-lactam (4-membered cyclic amide) rings is 1. The highest BCUT2D eigenvalue weighted by Crippen LogP contribution is 2.46. The molecule has 1 fully saturated rings.